The van der Waals surface area contributed by atoms with Crippen molar-refractivity contribution in [3.63, 3.8) is 0 Å². The molecule has 0 spiro atoms. The molecule has 1 aromatic heterocycles. The molecule has 0 unspecified atom stereocenters. The van der Waals surface area contributed by atoms with Crippen LogP contribution in [0.2, 0.25) is 5.02 Å². The van der Waals surface area contributed by atoms with Crippen molar-refractivity contribution in [2.75, 3.05) is 5.32 Å². The van der Waals surface area contributed by atoms with Gasteiger partial charge in [-0.3, -0.25) is 4.79 Å². The van der Waals surface area contributed by atoms with Crippen LogP contribution in [0.3, 0.4) is 0 Å². The van der Waals surface area contributed by atoms with E-state index < -0.39 is 0 Å². The summed E-state index contributed by atoms with van der Waals surface area (Å²) in [7, 11) is 0. The number of benzene rings is 1. The smallest absolute Gasteiger partial charge is 0.230 e. The first kappa shape index (κ1) is 13.8. The highest BCUT2D eigenvalue weighted by Gasteiger charge is 2.68. The summed E-state index contributed by atoms with van der Waals surface area (Å²) >= 11 is 7.42. The van der Waals surface area contributed by atoms with E-state index in [1.165, 1.54) is 11.3 Å². The van der Waals surface area contributed by atoms with Gasteiger partial charge in [-0.25, -0.2) is 4.98 Å². The van der Waals surface area contributed by atoms with E-state index in [0.717, 1.165) is 10.2 Å². The molecular formula is C15H17ClN2OS. The number of hydrogen-bond acceptors (Lipinski definition) is 3. The highest BCUT2D eigenvalue weighted by molar-refractivity contribution is 7.22. The molecule has 0 radical (unpaired) electrons. The first-order chi connectivity index (χ1) is 9.23. The maximum Gasteiger partial charge on any atom is 0.230 e. The van der Waals surface area contributed by atoms with E-state index in [9.17, 15) is 4.79 Å². The molecule has 1 heterocycles. The van der Waals surface area contributed by atoms with Crippen molar-refractivity contribution in [2.24, 2.45) is 16.7 Å². The van der Waals surface area contributed by atoms with Crippen LogP contribution in [0.25, 0.3) is 10.2 Å². The standard InChI is InChI=1S/C15H17ClN2OS/c1-14(2)11(15(14,3)4)12(19)18-13-17-9-7-8(16)5-6-10(9)20-13/h5-7,11H,1-4H3,(H,17,18,19). The van der Waals surface area contributed by atoms with Gasteiger partial charge < -0.3 is 5.32 Å². The maximum absolute atomic E-state index is 12.4. The molecule has 0 aliphatic heterocycles. The van der Waals surface area contributed by atoms with Gasteiger partial charge in [0.25, 0.3) is 0 Å². The summed E-state index contributed by atoms with van der Waals surface area (Å²) in [5, 5.41) is 4.25. The molecule has 2 aromatic rings. The average molecular weight is 309 g/mol. The van der Waals surface area contributed by atoms with Crippen molar-refractivity contribution in [3.05, 3.63) is 23.2 Å². The zero-order valence-corrected chi connectivity index (χ0v) is 13.5. The van der Waals surface area contributed by atoms with E-state index in [4.69, 9.17) is 11.6 Å². The summed E-state index contributed by atoms with van der Waals surface area (Å²) < 4.78 is 1.03. The molecule has 3 rings (SSSR count). The number of amides is 1. The number of hydrogen-bond donors (Lipinski definition) is 1. The lowest BCUT2D eigenvalue weighted by Gasteiger charge is -2.03. The third-order valence-electron chi connectivity index (χ3n) is 4.86. The number of aromatic nitrogens is 1. The van der Waals surface area contributed by atoms with Crippen LogP contribution in [0.4, 0.5) is 5.13 Å². The third kappa shape index (κ3) is 1.93. The van der Waals surface area contributed by atoms with E-state index in [1.54, 1.807) is 0 Å². The van der Waals surface area contributed by atoms with Gasteiger partial charge in [-0.15, -0.1) is 0 Å². The molecule has 1 aliphatic rings. The zero-order valence-electron chi connectivity index (χ0n) is 12.0. The predicted molar refractivity (Wildman–Crippen MR) is 84.3 cm³/mol. The number of carbonyl (C=O) groups is 1. The molecule has 0 bridgehead atoms. The van der Waals surface area contributed by atoms with E-state index in [2.05, 4.69) is 38.0 Å². The van der Waals surface area contributed by atoms with E-state index in [-0.39, 0.29) is 22.7 Å². The van der Waals surface area contributed by atoms with Gasteiger partial charge >= 0.3 is 0 Å². The van der Waals surface area contributed by atoms with Crippen LogP contribution in [0.5, 0.6) is 0 Å². The number of nitrogens with one attached hydrogen (secondary N) is 1. The third-order valence-corrected chi connectivity index (χ3v) is 6.05. The van der Waals surface area contributed by atoms with Crippen LogP contribution >= 0.6 is 22.9 Å². The van der Waals surface area contributed by atoms with Crippen LogP contribution in [0, 0.1) is 16.7 Å². The largest absolute Gasteiger partial charge is 0.302 e. The second-order valence-electron chi connectivity index (χ2n) is 6.50. The Labute approximate surface area is 127 Å². The Balaban J connectivity index is 1.82. The fraction of sp³-hybridized carbons (Fsp3) is 0.467. The Morgan fingerprint density at radius 2 is 1.95 bits per heavy atom. The highest BCUT2D eigenvalue weighted by Crippen LogP contribution is 2.68. The van der Waals surface area contributed by atoms with Crippen molar-refractivity contribution in [2.45, 2.75) is 27.7 Å². The van der Waals surface area contributed by atoms with Crippen LogP contribution < -0.4 is 5.32 Å². The molecule has 106 valence electrons. The fourth-order valence-electron chi connectivity index (χ4n) is 2.98. The normalized spacial score (nSPS) is 20.1. The SMILES string of the molecule is CC1(C)C(C(=O)Nc2nc3cc(Cl)ccc3s2)C1(C)C. The second-order valence-corrected chi connectivity index (χ2v) is 7.96. The minimum Gasteiger partial charge on any atom is -0.302 e. The molecule has 1 saturated carbocycles. The molecule has 5 heteroatoms. The van der Waals surface area contributed by atoms with E-state index in [0.29, 0.717) is 10.2 Å². The van der Waals surface area contributed by atoms with Crippen molar-refractivity contribution >= 4 is 44.2 Å². The molecule has 1 amide bonds. The predicted octanol–water partition coefficient (Wildman–Crippen LogP) is 4.57. The van der Waals surface area contributed by atoms with Crippen molar-refractivity contribution in [1.29, 1.82) is 0 Å². The molecule has 1 N–H and O–H groups in total. The molecule has 1 aliphatic carbocycles. The number of carbonyl (C=O) groups excluding carboxylic acids is 1. The van der Waals surface area contributed by atoms with Crippen LogP contribution in [0.15, 0.2) is 18.2 Å². The molecule has 1 fully saturated rings. The molecular weight excluding hydrogens is 292 g/mol. The van der Waals surface area contributed by atoms with Gasteiger partial charge in [0.15, 0.2) is 5.13 Å². The average Bonchev–Trinajstić information content (AvgIpc) is 2.62. The molecule has 20 heavy (non-hydrogen) atoms. The van der Waals surface area contributed by atoms with E-state index in [1.807, 2.05) is 18.2 Å². The van der Waals surface area contributed by atoms with Crippen molar-refractivity contribution in [3.8, 4) is 0 Å². The van der Waals surface area contributed by atoms with Gasteiger partial charge in [-0.05, 0) is 29.0 Å². The van der Waals surface area contributed by atoms with Gasteiger partial charge in [-0.1, -0.05) is 50.6 Å². The Morgan fingerprint density at radius 3 is 2.55 bits per heavy atom. The number of nitrogens with zero attached hydrogens (tertiary/aromatic N) is 1. The minimum absolute atomic E-state index is 0.0330. The summed E-state index contributed by atoms with van der Waals surface area (Å²) in [6.45, 7) is 8.54. The molecule has 0 atom stereocenters. The number of anilines is 1. The maximum atomic E-state index is 12.4. The van der Waals surface area contributed by atoms with Crippen molar-refractivity contribution < 1.29 is 4.79 Å². The Bertz CT molecular complexity index is 691. The Hall–Kier alpha value is -1.13. The zero-order chi connectivity index (χ0) is 14.7. The van der Waals surface area contributed by atoms with Crippen LogP contribution in [-0.4, -0.2) is 10.9 Å². The molecule has 1 aromatic carbocycles. The number of fused-ring (bicyclic) bond motifs is 1. The Kier molecular flexibility index (Phi) is 2.89. The topological polar surface area (TPSA) is 42.0 Å². The Morgan fingerprint density at radius 1 is 1.30 bits per heavy atom. The fourth-order valence-corrected chi connectivity index (χ4v) is 4.00. The van der Waals surface area contributed by atoms with Gasteiger partial charge in [0.2, 0.25) is 5.91 Å². The lowest BCUT2D eigenvalue weighted by atomic mass is 10.0. The number of rotatable bonds is 2. The van der Waals surface area contributed by atoms with Crippen LogP contribution in [0.1, 0.15) is 27.7 Å². The van der Waals surface area contributed by atoms with Crippen molar-refractivity contribution in [1.82, 2.24) is 4.98 Å². The summed E-state index contributed by atoms with van der Waals surface area (Å²) in [4.78, 5) is 16.8. The summed E-state index contributed by atoms with van der Waals surface area (Å²) in [6.07, 6.45) is 0. The van der Waals surface area contributed by atoms with Crippen LogP contribution in [-0.2, 0) is 4.79 Å². The quantitative estimate of drug-likeness (QED) is 0.883. The molecule has 0 saturated heterocycles. The summed E-state index contributed by atoms with van der Waals surface area (Å²) in [5.74, 6) is 0.0933. The van der Waals surface area contributed by atoms with Gasteiger partial charge in [-0.2, -0.15) is 0 Å². The highest BCUT2D eigenvalue weighted by atomic mass is 35.5. The summed E-state index contributed by atoms with van der Waals surface area (Å²) in [6, 6.07) is 5.57. The van der Waals surface area contributed by atoms with Gasteiger partial charge in [0, 0.05) is 10.9 Å². The number of halogens is 1. The second kappa shape index (κ2) is 4.18. The van der Waals surface area contributed by atoms with E-state index >= 15 is 0 Å². The summed E-state index contributed by atoms with van der Waals surface area (Å²) in [5.41, 5.74) is 0.904. The molecule has 3 nitrogen and oxygen atoms in total. The monoisotopic (exact) mass is 308 g/mol. The van der Waals surface area contributed by atoms with Gasteiger partial charge in [0.05, 0.1) is 10.2 Å². The first-order valence-corrected chi connectivity index (χ1v) is 7.80. The van der Waals surface area contributed by atoms with Gasteiger partial charge in [0.1, 0.15) is 0 Å². The lowest BCUT2D eigenvalue weighted by molar-refractivity contribution is -0.118. The minimum atomic E-state index is 0.0330. The number of thiazole rings is 1. The lowest BCUT2D eigenvalue weighted by Crippen LogP contribution is -2.17. The first-order valence-electron chi connectivity index (χ1n) is 6.60.